The molecular formula is C22H18ClN3O3S2. The number of nitrogens with one attached hydrogen (secondary N) is 2. The fourth-order valence-corrected chi connectivity index (χ4v) is 5.88. The van der Waals surface area contributed by atoms with Crippen LogP contribution in [0.1, 0.15) is 39.2 Å². The predicted molar refractivity (Wildman–Crippen MR) is 122 cm³/mol. The molecule has 31 heavy (non-hydrogen) atoms. The molecule has 9 heteroatoms. The summed E-state index contributed by atoms with van der Waals surface area (Å²) in [5.41, 5.74) is 2.31. The van der Waals surface area contributed by atoms with Gasteiger partial charge >= 0.3 is 0 Å². The molecule has 1 aliphatic carbocycles. The van der Waals surface area contributed by atoms with Crippen LogP contribution in [0.15, 0.2) is 53.4 Å². The highest BCUT2D eigenvalue weighted by Crippen LogP contribution is 2.37. The number of anilines is 2. The third-order valence-corrected chi connectivity index (χ3v) is 7.89. The van der Waals surface area contributed by atoms with Crippen LogP contribution in [-0.4, -0.2) is 14.3 Å². The lowest BCUT2D eigenvalue weighted by molar-refractivity contribution is 0.102. The summed E-state index contributed by atoms with van der Waals surface area (Å²) in [6.45, 7) is 0. The lowest BCUT2D eigenvalue weighted by Gasteiger charge is -2.10. The van der Waals surface area contributed by atoms with Gasteiger partial charge in [0.05, 0.1) is 10.5 Å². The van der Waals surface area contributed by atoms with Gasteiger partial charge in [-0.1, -0.05) is 11.6 Å². The van der Waals surface area contributed by atoms with Gasteiger partial charge in [-0.15, -0.1) is 11.3 Å². The number of aryl methyl sites for hydroxylation is 1. The van der Waals surface area contributed by atoms with E-state index in [9.17, 15) is 18.5 Å². The lowest BCUT2D eigenvalue weighted by atomic mass is 9.96. The summed E-state index contributed by atoms with van der Waals surface area (Å²) < 4.78 is 27.4. The molecule has 6 nitrogen and oxygen atoms in total. The second kappa shape index (κ2) is 8.71. The molecule has 1 heterocycles. The van der Waals surface area contributed by atoms with Gasteiger partial charge in [-0.2, -0.15) is 5.26 Å². The van der Waals surface area contributed by atoms with Gasteiger partial charge < -0.3 is 5.32 Å². The topological polar surface area (TPSA) is 99.1 Å². The fraction of sp³-hybridized carbons (Fsp3) is 0.182. The Morgan fingerprint density at radius 2 is 1.71 bits per heavy atom. The van der Waals surface area contributed by atoms with E-state index < -0.39 is 10.0 Å². The minimum Gasteiger partial charge on any atom is -0.312 e. The van der Waals surface area contributed by atoms with Crippen molar-refractivity contribution >= 4 is 49.6 Å². The molecule has 158 valence electrons. The summed E-state index contributed by atoms with van der Waals surface area (Å²) in [6, 6.07) is 14.2. The SMILES string of the molecule is N#Cc1c(NC(=O)c2ccc(NS(=O)(=O)c3ccc(Cl)cc3)cc2)sc2c1CCCC2. The molecule has 2 aromatic carbocycles. The molecule has 0 atom stereocenters. The van der Waals surface area contributed by atoms with Gasteiger partial charge in [-0.25, -0.2) is 8.42 Å². The first-order chi connectivity index (χ1) is 14.9. The largest absolute Gasteiger partial charge is 0.312 e. The molecule has 1 aromatic heterocycles. The normalized spacial score (nSPS) is 13.2. The summed E-state index contributed by atoms with van der Waals surface area (Å²) in [7, 11) is -3.77. The van der Waals surface area contributed by atoms with Crippen molar-refractivity contribution in [2.24, 2.45) is 0 Å². The van der Waals surface area contributed by atoms with Crippen LogP contribution in [0, 0.1) is 11.3 Å². The molecular weight excluding hydrogens is 454 g/mol. The van der Waals surface area contributed by atoms with E-state index in [0.717, 1.165) is 31.2 Å². The number of nitriles is 1. The van der Waals surface area contributed by atoms with E-state index in [1.54, 1.807) is 0 Å². The van der Waals surface area contributed by atoms with E-state index >= 15 is 0 Å². The van der Waals surface area contributed by atoms with Crippen molar-refractivity contribution in [1.29, 1.82) is 5.26 Å². The Labute approximate surface area is 189 Å². The quantitative estimate of drug-likeness (QED) is 0.533. The van der Waals surface area contributed by atoms with Crippen molar-refractivity contribution in [3.8, 4) is 6.07 Å². The molecule has 3 aromatic rings. The third kappa shape index (κ3) is 4.59. The molecule has 0 aliphatic heterocycles. The molecule has 0 bridgehead atoms. The number of fused-ring (bicyclic) bond motifs is 1. The van der Waals surface area contributed by atoms with Gasteiger partial charge in [-0.3, -0.25) is 9.52 Å². The number of hydrogen-bond donors (Lipinski definition) is 2. The molecule has 0 saturated carbocycles. The first-order valence-corrected chi connectivity index (χ1v) is 12.3. The van der Waals surface area contributed by atoms with E-state index in [2.05, 4.69) is 16.1 Å². The number of thiophene rings is 1. The second-order valence-corrected chi connectivity index (χ2v) is 10.3. The van der Waals surface area contributed by atoms with Crippen molar-refractivity contribution in [3.63, 3.8) is 0 Å². The predicted octanol–water partition coefficient (Wildman–Crippen LogP) is 5.21. The van der Waals surface area contributed by atoms with Crippen molar-refractivity contribution in [1.82, 2.24) is 0 Å². The Kier molecular flexibility index (Phi) is 6.01. The number of carbonyl (C=O) groups excluding carboxylic acids is 1. The molecule has 0 fully saturated rings. The Morgan fingerprint density at radius 1 is 1.03 bits per heavy atom. The smallest absolute Gasteiger partial charge is 0.261 e. The molecule has 0 saturated heterocycles. The molecule has 0 radical (unpaired) electrons. The summed E-state index contributed by atoms with van der Waals surface area (Å²) in [6.07, 6.45) is 3.96. The van der Waals surface area contributed by atoms with Gasteiger partial charge in [0.1, 0.15) is 11.1 Å². The first-order valence-electron chi connectivity index (χ1n) is 9.62. The van der Waals surface area contributed by atoms with E-state index in [1.807, 2.05) is 0 Å². The van der Waals surface area contributed by atoms with E-state index in [4.69, 9.17) is 11.6 Å². The number of amides is 1. The zero-order chi connectivity index (χ0) is 22.0. The maximum atomic E-state index is 12.7. The molecule has 1 aliphatic rings. The maximum Gasteiger partial charge on any atom is 0.261 e. The van der Waals surface area contributed by atoms with Gasteiger partial charge in [0.15, 0.2) is 0 Å². The Balaban J connectivity index is 1.48. The molecule has 4 rings (SSSR count). The highest BCUT2D eigenvalue weighted by molar-refractivity contribution is 7.92. The third-order valence-electron chi connectivity index (χ3n) is 5.03. The number of nitrogens with zero attached hydrogens (tertiary/aromatic N) is 1. The van der Waals surface area contributed by atoms with Gasteiger partial charge in [-0.05, 0) is 79.8 Å². The first kappa shape index (κ1) is 21.4. The van der Waals surface area contributed by atoms with Gasteiger partial charge in [0.25, 0.3) is 15.9 Å². The monoisotopic (exact) mass is 471 g/mol. The molecule has 0 unspecified atom stereocenters. The highest BCUT2D eigenvalue weighted by atomic mass is 35.5. The average Bonchev–Trinajstić information content (AvgIpc) is 3.11. The maximum absolute atomic E-state index is 12.7. The highest BCUT2D eigenvalue weighted by Gasteiger charge is 2.22. The standard InChI is InChI=1S/C22H18ClN3O3S2/c23-15-7-11-17(12-8-15)31(28,29)26-16-9-5-14(6-10-16)21(27)25-22-19(13-24)18-3-1-2-4-20(18)30-22/h5-12,26H,1-4H2,(H,25,27). The van der Waals surface area contributed by atoms with Crippen molar-refractivity contribution in [2.75, 3.05) is 10.0 Å². The molecule has 1 amide bonds. The summed E-state index contributed by atoms with van der Waals surface area (Å²) >= 11 is 7.27. The van der Waals surface area contributed by atoms with Crippen LogP contribution in [0.4, 0.5) is 10.7 Å². The van der Waals surface area contributed by atoms with Crippen LogP contribution < -0.4 is 10.0 Å². The van der Waals surface area contributed by atoms with Crippen LogP contribution >= 0.6 is 22.9 Å². The number of hydrogen-bond acceptors (Lipinski definition) is 5. The Hall–Kier alpha value is -2.86. The fourth-order valence-electron chi connectivity index (χ4n) is 3.46. The van der Waals surface area contributed by atoms with E-state index in [0.29, 0.717) is 26.8 Å². The van der Waals surface area contributed by atoms with Crippen LogP contribution in [-0.2, 0) is 22.9 Å². The second-order valence-electron chi connectivity index (χ2n) is 7.12. The molecule has 0 spiro atoms. The number of carbonyl (C=O) groups is 1. The van der Waals surface area contributed by atoms with Crippen molar-refractivity contribution in [3.05, 3.63) is 75.1 Å². The minimum absolute atomic E-state index is 0.0874. The van der Waals surface area contributed by atoms with Crippen molar-refractivity contribution in [2.45, 2.75) is 30.6 Å². The number of rotatable bonds is 5. The Morgan fingerprint density at radius 3 is 2.39 bits per heavy atom. The van der Waals surface area contributed by atoms with Crippen molar-refractivity contribution < 1.29 is 13.2 Å². The van der Waals surface area contributed by atoms with E-state index in [-0.39, 0.29) is 10.8 Å². The Bertz CT molecular complexity index is 1280. The zero-order valence-corrected chi connectivity index (χ0v) is 18.7. The summed E-state index contributed by atoms with van der Waals surface area (Å²) in [5, 5.41) is 13.4. The summed E-state index contributed by atoms with van der Waals surface area (Å²) in [4.78, 5) is 13.9. The minimum atomic E-state index is -3.77. The zero-order valence-electron chi connectivity index (χ0n) is 16.3. The van der Waals surface area contributed by atoms with Crippen LogP contribution in [0.2, 0.25) is 5.02 Å². The van der Waals surface area contributed by atoms with Crippen LogP contribution in [0.25, 0.3) is 0 Å². The van der Waals surface area contributed by atoms with Gasteiger partial charge in [0, 0.05) is 21.2 Å². The molecule has 2 N–H and O–H groups in total. The van der Waals surface area contributed by atoms with E-state index in [1.165, 1.54) is 64.7 Å². The number of sulfonamides is 1. The lowest BCUT2D eigenvalue weighted by Crippen LogP contribution is -2.14. The number of benzene rings is 2. The van der Waals surface area contributed by atoms with Gasteiger partial charge in [0.2, 0.25) is 0 Å². The number of halogens is 1. The average molecular weight is 472 g/mol. The van der Waals surface area contributed by atoms with Crippen LogP contribution in [0.3, 0.4) is 0 Å². The summed E-state index contributed by atoms with van der Waals surface area (Å²) in [5.74, 6) is -0.345. The van der Waals surface area contributed by atoms with Crippen LogP contribution in [0.5, 0.6) is 0 Å².